The number of urea groups is 1. The third kappa shape index (κ3) is 1.99. The Kier molecular flexibility index (Phi) is 2.81. The highest BCUT2D eigenvalue weighted by molar-refractivity contribution is 6.07. The Labute approximate surface area is 99.7 Å². The molecule has 2 aliphatic rings. The van der Waals surface area contributed by atoms with Crippen LogP contribution in [0.15, 0.2) is 0 Å². The van der Waals surface area contributed by atoms with Gasteiger partial charge in [0.2, 0.25) is 5.91 Å². The molecule has 0 aromatic carbocycles. The van der Waals surface area contributed by atoms with Gasteiger partial charge in [-0.05, 0) is 12.8 Å². The second-order valence-corrected chi connectivity index (χ2v) is 4.97. The van der Waals surface area contributed by atoms with Crippen LogP contribution in [-0.4, -0.2) is 41.4 Å². The summed E-state index contributed by atoms with van der Waals surface area (Å²) in [4.78, 5) is 36.3. The van der Waals surface area contributed by atoms with Crippen LogP contribution in [0.4, 0.5) is 4.79 Å². The molecule has 17 heavy (non-hydrogen) atoms. The lowest BCUT2D eigenvalue weighted by molar-refractivity contribution is -0.138. The van der Waals surface area contributed by atoms with E-state index in [4.69, 9.17) is 0 Å². The van der Waals surface area contributed by atoms with Crippen LogP contribution in [0.3, 0.4) is 0 Å². The van der Waals surface area contributed by atoms with E-state index in [9.17, 15) is 14.4 Å². The lowest BCUT2D eigenvalue weighted by atomic mass is 9.87. The van der Waals surface area contributed by atoms with Gasteiger partial charge in [-0.3, -0.25) is 14.9 Å². The van der Waals surface area contributed by atoms with E-state index in [-0.39, 0.29) is 17.7 Å². The van der Waals surface area contributed by atoms with Crippen LogP contribution in [0, 0.1) is 5.92 Å². The first-order valence-electron chi connectivity index (χ1n) is 5.87. The second-order valence-electron chi connectivity index (χ2n) is 4.97. The Balaban J connectivity index is 2.01. The highest BCUT2D eigenvalue weighted by Crippen LogP contribution is 2.26. The number of hydrogen-bond donors (Lipinski definition) is 2. The zero-order valence-electron chi connectivity index (χ0n) is 10.1. The maximum Gasteiger partial charge on any atom is 0.322 e. The van der Waals surface area contributed by atoms with E-state index < -0.39 is 11.6 Å². The minimum Gasteiger partial charge on any atom is -0.342 e. The molecule has 2 heterocycles. The Morgan fingerprint density at radius 3 is 2.29 bits per heavy atom. The van der Waals surface area contributed by atoms with E-state index in [1.54, 1.807) is 4.90 Å². The Morgan fingerprint density at radius 2 is 1.88 bits per heavy atom. The number of nitrogens with one attached hydrogen (secondary N) is 2. The first-order chi connectivity index (χ1) is 7.94. The lowest BCUT2D eigenvalue weighted by Crippen LogP contribution is -2.56. The van der Waals surface area contributed by atoms with E-state index in [2.05, 4.69) is 10.6 Å². The van der Waals surface area contributed by atoms with Crippen LogP contribution in [-0.2, 0) is 9.59 Å². The van der Waals surface area contributed by atoms with Crippen LogP contribution in [0.2, 0.25) is 0 Å². The Morgan fingerprint density at radius 1 is 1.29 bits per heavy atom. The van der Waals surface area contributed by atoms with Gasteiger partial charge in [-0.2, -0.15) is 0 Å². The van der Waals surface area contributed by atoms with Crippen molar-refractivity contribution >= 4 is 17.8 Å². The molecular formula is C11H17N3O3. The Hall–Kier alpha value is -1.59. The molecule has 0 aliphatic carbocycles. The molecule has 1 spiro atoms. The van der Waals surface area contributed by atoms with Crippen LogP contribution >= 0.6 is 0 Å². The summed E-state index contributed by atoms with van der Waals surface area (Å²) in [6, 6.07) is -0.432. The SMILES string of the molecule is CC(C)C(=O)N1CCC2(CC1)NC(=O)NC2=O. The van der Waals surface area contributed by atoms with Gasteiger partial charge in [0.15, 0.2) is 0 Å². The quantitative estimate of drug-likeness (QED) is 0.624. The van der Waals surface area contributed by atoms with E-state index in [1.807, 2.05) is 13.8 Å². The fourth-order valence-corrected chi connectivity index (χ4v) is 2.35. The summed E-state index contributed by atoms with van der Waals surface area (Å²) in [5, 5.41) is 4.92. The predicted molar refractivity (Wildman–Crippen MR) is 60.1 cm³/mol. The van der Waals surface area contributed by atoms with E-state index in [0.29, 0.717) is 25.9 Å². The smallest absolute Gasteiger partial charge is 0.322 e. The van der Waals surface area contributed by atoms with Crippen LogP contribution in [0.25, 0.3) is 0 Å². The normalized spacial score (nSPS) is 22.9. The van der Waals surface area contributed by atoms with Gasteiger partial charge >= 0.3 is 6.03 Å². The minimum absolute atomic E-state index is 0.0314. The standard InChI is InChI=1S/C11H17N3O3/c1-7(2)8(15)14-5-3-11(4-6-14)9(16)12-10(17)13-11/h7H,3-6H2,1-2H3,(H2,12,13,16,17). The molecule has 0 atom stereocenters. The Bertz CT molecular complexity index is 370. The average Bonchev–Trinajstić information content (AvgIpc) is 2.54. The number of carbonyl (C=O) groups is 3. The number of imide groups is 1. The maximum absolute atomic E-state index is 11.8. The van der Waals surface area contributed by atoms with Crippen molar-refractivity contribution in [3.05, 3.63) is 0 Å². The molecule has 0 radical (unpaired) electrons. The lowest BCUT2D eigenvalue weighted by Gasteiger charge is -2.37. The first-order valence-corrected chi connectivity index (χ1v) is 5.87. The molecule has 0 aromatic rings. The summed E-state index contributed by atoms with van der Waals surface area (Å²) in [7, 11) is 0. The highest BCUT2D eigenvalue weighted by atomic mass is 16.2. The molecule has 2 rings (SSSR count). The molecule has 2 fully saturated rings. The summed E-state index contributed by atoms with van der Waals surface area (Å²) < 4.78 is 0. The van der Waals surface area contributed by atoms with Gasteiger partial charge in [-0.25, -0.2) is 4.79 Å². The molecule has 6 heteroatoms. The number of hydrogen-bond acceptors (Lipinski definition) is 3. The van der Waals surface area contributed by atoms with Gasteiger partial charge < -0.3 is 10.2 Å². The summed E-state index contributed by atoms with van der Waals surface area (Å²) in [6.07, 6.45) is 0.978. The van der Waals surface area contributed by atoms with E-state index in [1.165, 1.54) is 0 Å². The number of nitrogens with zero attached hydrogens (tertiary/aromatic N) is 1. The van der Waals surface area contributed by atoms with E-state index >= 15 is 0 Å². The maximum atomic E-state index is 11.8. The fraction of sp³-hybridized carbons (Fsp3) is 0.727. The molecule has 0 aromatic heterocycles. The van der Waals surface area contributed by atoms with Crippen molar-refractivity contribution in [2.24, 2.45) is 5.92 Å². The van der Waals surface area contributed by atoms with Crippen LogP contribution in [0.5, 0.6) is 0 Å². The summed E-state index contributed by atoms with van der Waals surface area (Å²) in [5.74, 6) is -0.195. The first kappa shape index (κ1) is 11.9. The van der Waals surface area contributed by atoms with Crippen molar-refractivity contribution in [1.82, 2.24) is 15.5 Å². The second kappa shape index (κ2) is 4.01. The molecule has 2 saturated heterocycles. The average molecular weight is 239 g/mol. The van der Waals surface area contributed by atoms with Crippen molar-refractivity contribution < 1.29 is 14.4 Å². The predicted octanol–water partition coefficient (Wildman–Crippen LogP) is -0.157. The topological polar surface area (TPSA) is 78.5 Å². The van der Waals surface area contributed by atoms with Gasteiger partial charge in [0.05, 0.1) is 0 Å². The molecule has 0 bridgehead atoms. The number of piperidine rings is 1. The fourth-order valence-electron chi connectivity index (χ4n) is 2.35. The van der Waals surface area contributed by atoms with Crippen molar-refractivity contribution in [3.8, 4) is 0 Å². The molecule has 2 N–H and O–H groups in total. The van der Waals surface area contributed by atoms with Gasteiger partial charge in [-0.15, -0.1) is 0 Å². The van der Waals surface area contributed by atoms with Gasteiger partial charge in [0, 0.05) is 19.0 Å². The third-order valence-corrected chi connectivity index (χ3v) is 3.44. The van der Waals surface area contributed by atoms with Crippen LogP contribution in [0.1, 0.15) is 26.7 Å². The van der Waals surface area contributed by atoms with Gasteiger partial charge in [-0.1, -0.05) is 13.8 Å². The zero-order valence-corrected chi connectivity index (χ0v) is 10.1. The minimum atomic E-state index is -0.787. The molecule has 0 unspecified atom stereocenters. The summed E-state index contributed by atoms with van der Waals surface area (Å²) >= 11 is 0. The number of likely N-dealkylation sites (tertiary alicyclic amines) is 1. The van der Waals surface area contributed by atoms with Crippen molar-refractivity contribution in [3.63, 3.8) is 0 Å². The van der Waals surface area contributed by atoms with E-state index in [0.717, 1.165) is 0 Å². The van der Waals surface area contributed by atoms with Crippen molar-refractivity contribution in [2.75, 3.05) is 13.1 Å². The van der Waals surface area contributed by atoms with Crippen LogP contribution < -0.4 is 10.6 Å². The van der Waals surface area contributed by atoms with Gasteiger partial charge in [0.25, 0.3) is 5.91 Å². The zero-order chi connectivity index (χ0) is 12.6. The molecule has 0 saturated carbocycles. The molecular weight excluding hydrogens is 222 g/mol. The summed E-state index contributed by atoms with van der Waals surface area (Å²) in [6.45, 7) is 4.75. The number of carbonyl (C=O) groups excluding carboxylic acids is 3. The highest BCUT2D eigenvalue weighted by Gasteiger charge is 2.48. The number of amides is 4. The number of rotatable bonds is 1. The largest absolute Gasteiger partial charge is 0.342 e. The summed E-state index contributed by atoms with van der Waals surface area (Å²) in [5.41, 5.74) is -0.787. The monoisotopic (exact) mass is 239 g/mol. The van der Waals surface area contributed by atoms with Crippen molar-refractivity contribution in [1.29, 1.82) is 0 Å². The van der Waals surface area contributed by atoms with Gasteiger partial charge in [0.1, 0.15) is 5.54 Å². The molecule has 4 amide bonds. The third-order valence-electron chi connectivity index (χ3n) is 3.44. The van der Waals surface area contributed by atoms with Crippen molar-refractivity contribution in [2.45, 2.75) is 32.2 Å². The molecule has 94 valence electrons. The molecule has 6 nitrogen and oxygen atoms in total. The molecule has 2 aliphatic heterocycles.